The van der Waals surface area contributed by atoms with E-state index in [-0.39, 0.29) is 0 Å². The Bertz CT molecular complexity index is 319. The van der Waals surface area contributed by atoms with Gasteiger partial charge in [0.15, 0.2) is 0 Å². The Morgan fingerprint density at radius 2 is 2.29 bits per heavy atom. The number of hydrogen-bond donors (Lipinski definition) is 1. The topological polar surface area (TPSA) is 51.8 Å². The molecule has 1 aromatic rings. The molecule has 0 saturated heterocycles. The summed E-state index contributed by atoms with van der Waals surface area (Å²) in [6.45, 7) is 5.17. The number of aromatic nitrogens is 2. The average Bonchev–Trinajstić information content (AvgIpc) is 2.70. The molecule has 1 unspecified atom stereocenters. The molecular formula is C10H17N3S. The van der Waals surface area contributed by atoms with Gasteiger partial charge in [0, 0.05) is 12.5 Å². The van der Waals surface area contributed by atoms with E-state index < -0.39 is 0 Å². The zero-order valence-corrected chi connectivity index (χ0v) is 9.60. The summed E-state index contributed by atoms with van der Waals surface area (Å²) in [7, 11) is 0. The van der Waals surface area contributed by atoms with Crippen LogP contribution in [0.5, 0.6) is 0 Å². The highest BCUT2D eigenvalue weighted by molar-refractivity contribution is 7.11. The van der Waals surface area contributed by atoms with E-state index in [4.69, 9.17) is 5.73 Å². The van der Waals surface area contributed by atoms with Gasteiger partial charge >= 0.3 is 0 Å². The lowest BCUT2D eigenvalue weighted by atomic mass is 9.82. The highest BCUT2D eigenvalue weighted by Gasteiger charge is 2.37. The van der Waals surface area contributed by atoms with Gasteiger partial charge in [-0.25, -0.2) is 0 Å². The zero-order valence-electron chi connectivity index (χ0n) is 8.79. The molecule has 2 N–H and O–H groups in total. The summed E-state index contributed by atoms with van der Waals surface area (Å²) in [6.07, 6.45) is 3.87. The van der Waals surface area contributed by atoms with Crippen LogP contribution in [0.4, 0.5) is 0 Å². The third-order valence-corrected chi connectivity index (χ3v) is 4.27. The Labute approximate surface area is 88.7 Å². The van der Waals surface area contributed by atoms with Crippen molar-refractivity contribution in [3.63, 3.8) is 0 Å². The van der Waals surface area contributed by atoms with Crippen molar-refractivity contribution in [2.24, 2.45) is 11.1 Å². The lowest BCUT2D eigenvalue weighted by molar-refractivity contribution is 0.330. The van der Waals surface area contributed by atoms with Crippen LogP contribution in [0.15, 0.2) is 0 Å². The van der Waals surface area contributed by atoms with Gasteiger partial charge < -0.3 is 5.73 Å². The fourth-order valence-corrected chi connectivity index (χ4v) is 3.34. The standard InChI is InChI=1S/C10H17N3S/c1-10(2)5-3-4-7(10)9-13-12-8(6-11)14-9/h7H,3-6,11H2,1-2H3. The Balaban J connectivity index is 2.22. The molecule has 1 aromatic heterocycles. The highest BCUT2D eigenvalue weighted by atomic mass is 32.1. The van der Waals surface area contributed by atoms with Crippen LogP contribution < -0.4 is 5.73 Å². The van der Waals surface area contributed by atoms with Crippen molar-refractivity contribution < 1.29 is 0 Å². The number of hydrogen-bond acceptors (Lipinski definition) is 4. The second-order valence-electron chi connectivity index (χ2n) is 4.67. The maximum absolute atomic E-state index is 5.54. The first-order valence-electron chi connectivity index (χ1n) is 5.16. The summed E-state index contributed by atoms with van der Waals surface area (Å²) in [4.78, 5) is 0. The molecule has 0 radical (unpaired) electrons. The van der Waals surface area contributed by atoms with Crippen molar-refractivity contribution in [1.82, 2.24) is 10.2 Å². The lowest BCUT2D eigenvalue weighted by Gasteiger charge is -2.24. The van der Waals surface area contributed by atoms with Gasteiger partial charge in [-0.05, 0) is 18.3 Å². The predicted octanol–water partition coefficient (Wildman–Crippen LogP) is 2.29. The van der Waals surface area contributed by atoms with Crippen LogP contribution in [0.1, 0.15) is 49.0 Å². The van der Waals surface area contributed by atoms with Gasteiger partial charge in [0.2, 0.25) is 0 Å². The molecule has 0 amide bonds. The van der Waals surface area contributed by atoms with Crippen LogP contribution in [-0.2, 0) is 6.54 Å². The minimum atomic E-state index is 0.394. The van der Waals surface area contributed by atoms with Crippen molar-refractivity contribution in [3.8, 4) is 0 Å². The second kappa shape index (κ2) is 3.59. The molecule has 1 atom stereocenters. The van der Waals surface area contributed by atoms with Crippen LogP contribution in [0.25, 0.3) is 0 Å². The van der Waals surface area contributed by atoms with Crippen molar-refractivity contribution in [1.29, 1.82) is 0 Å². The monoisotopic (exact) mass is 211 g/mol. The molecule has 0 bridgehead atoms. The lowest BCUT2D eigenvalue weighted by Crippen LogP contribution is -2.15. The molecule has 14 heavy (non-hydrogen) atoms. The van der Waals surface area contributed by atoms with Crippen LogP contribution in [0.3, 0.4) is 0 Å². The van der Waals surface area contributed by atoms with Gasteiger partial charge in [-0.3, -0.25) is 0 Å². The second-order valence-corrected chi connectivity index (χ2v) is 5.77. The molecule has 78 valence electrons. The fraction of sp³-hybridized carbons (Fsp3) is 0.800. The Morgan fingerprint density at radius 3 is 2.79 bits per heavy atom. The Kier molecular flexibility index (Phi) is 2.58. The molecule has 3 nitrogen and oxygen atoms in total. The van der Waals surface area contributed by atoms with E-state index in [0.717, 1.165) is 5.01 Å². The average molecular weight is 211 g/mol. The Hall–Kier alpha value is -0.480. The molecular weight excluding hydrogens is 194 g/mol. The maximum atomic E-state index is 5.54. The normalized spacial score (nSPS) is 25.5. The molecule has 1 aliphatic carbocycles. The molecule has 0 aliphatic heterocycles. The molecule has 1 fully saturated rings. The summed E-state index contributed by atoms with van der Waals surface area (Å²) in [6, 6.07) is 0. The molecule has 1 heterocycles. The zero-order chi connectivity index (χ0) is 10.2. The maximum Gasteiger partial charge on any atom is 0.131 e. The van der Waals surface area contributed by atoms with Crippen LogP contribution in [-0.4, -0.2) is 10.2 Å². The SMILES string of the molecule is CC1(C)CCCC1c1nnc(CN)s1. The predicted molar refractivity (Wildman–Crippen MR) is 58.2 cm³/mol. The van der Waals surface area contributed by atoms with E-state index >= 15 is 0 Å². The molecule has 1 saturated carbocycles. The largest absolute Gasteiger partial charge is 0.324 e. The van der Waals surface area contributed by atoms with Gasteiger partial charge in [-0.1, -0.05) is 31.6 Å². The number of nitrogens with zero attached hydrogens (tertiary/aromatic N) is 2. The summed E-state index contributed by atoms with van der Waals surface area (Å²) >= 11 is 1.69. The Morgan fingerprint density at radius 1 is 1.50 bits per heavy atom. The van der Waals surface area contributed by atoms with Crippen LogP contribution in [0, 0.1) is 5.41 Å². The van der Waals surface area contributed by atoms with Crippen LogP contribution >= 0.6 is 11.3 Å². The van der Waals surface area contributed by atoms with E-state index in [9.17, 15) is 0 Å². The molecule has 4 heteroatoms. The first kappa shape index (κ1) is 10.1. The van der Waals surface area contributed by atoms with Crippen molar-refractivity contribution in [3.05, 3.63) is 10.0 Å². The first-order chi connectivity index (χ1) is 6.63. The smallest absolute Gasteiger partial charge is 0.131 e. The van der Waals surface area contributed by atoms with Crippen LogP contribution in [0.2, 0.25) is 0 Å². The molecule has 1 aliphatic rings. The van der Waals surface area contributed by atoms with E-state index in [1.807, 2.05) is 0 Å². The van der Waals surface area contributed by atoms with Crippen molar-refractivity contribution in [2.45, 2.75) is 45.6 Å². The van der Waals surface area contributed by atoms with Gasteiger partial charge in [-0.2, -0.15) is 0 Å². The molecule has 0 aromatic carbocycles. The third kappa shape index (κ3) is 1.68. The quantitative estimate of drug-likeness (QED) is 0.816. The number of nitrogens with two attached hydrogens (primary N) is 1. The third-order valence-electron chi connectivity index (χ3n) is 3.21. The first-order valence-corrected chi connectivity index (χ1v) is 5.97. The fourth-order valence-electron chi connectivity index (χ4n) is 2.27. The van der Waals surface area contributed by atoms with Crippen molar-refractivity contribution in [2.75, 3.05) is 0 Å². The highest BCUT2D eigenvalue weighted by Crippen LogP contribution is 2.49. The molecule has 2 rings (SSSR count). The van der Waals surface area contributed by atoms with Gasteiger partial charge in [0.25, 0.3) is 0 Å². The summed E-state index contributed by atoms with van der Waals surface area (Å²) < 4.78 is 0. The minimum Gasteiger partial charge on any atom is -0.324 e. The number of rotatable bonds is 2. The van der Waals surface area contributed by atoms with Gasteiger partial charge in [0.05, 0.1) is 0 Å². The van der Waals surface area contributed by atoms with E-state index in [1.165, 1.54) is 24.3 Å². The van der Waals surface area contributed by atoms with Crippen molar-refractivity contribution >= 4 is 11.3 Å². The summed E-state index contributed by atoms with van der Waals surface area (Å²) in [5, 5.41) is 10.5. The summed E-state index contributed by atoms with van der Waals surface area (Å²) in [5.41, 5.74) is 5.93. The summed E-state index contributed by atoms with van der Waals surface area (Å²) in [5.74, 6) is 0.597. The molecule has 0 spiro atoms. The van der Waals surface area contributed by atoms with E-state index in [1.54, 1.807) is 11.3 Å². The van der Waals surface area contributed by atoms with Gasteiger partial charge in [0.1, 0.15) is 10.0 Å². The minimum absolute atomic E-state index is 0.394. The van der Waals surface area contributed by atoms with E-state index in [0.29, 0.717) is 17.9 Å². The van der Waals surface area contributed by atoms with E-state index in [2.05, 4.69) is 24.0 Å². The van der Waals surface area contributed by atoms with Gasteiger partial charge in [-0.15, -0.1) is 10.2 Å².